The second-order valence-corrected chi connectivity index (χ2v) is 9.73. The summed E-state index contributed by atoms with van der Waals surface area (Å²) in [4.78, 5) is 23.3. The smallest absolute Gasteiger partial charge is 0.226 e. The highest BCUT2D eigenvalue weighted by Gasteiger charge is 2.44. The Balaban J connectivity index is 1.23. The predicted octanol–water partition coefficient (Wildman–Crippen LogP) is 4.55. The summed E-state index contributed by atoms with van der Waals surface area (Å²) in [6.07, 6.45) is 5.11. The maximum Gasteiger partial charge on any atom is 0.226 e. The van der Waals surface area contributed by atoms with Gasteiger partial charge < -0.3 is 25.0 Å². The third-order valence-corrected chi connectivity index (χ3v) is 7.45. The molecule has 2 aromatic carbocycles. The summed E-state index contributed by atoms with van der Waals surface area (Å²) in [5, 5.41) is 6.94. The van der Waals surface area contributed by atoms with Crippen LogP contribution in [0.2, 0.25) is 5.02 Å². The molecule has 0 radical (unpaired) electrons. The van der Waals surface area contributed by atoms with Gasteiger partial charge in [0.05, 0.1) is 29.7 Å². The Labute approximate surface area is 214 Å². The van der Waals surface area contributed by atoms with Crippen LogP contribution in [-0.4, -0.2) is 60.7 Å². The Morgan fingerprint density at radius 3 is 2.72 bits per heavy atom. The maximum absolute atomic E-state index is 13.5. The SMILES string of the molecule is COc1cc2ncnc(Nc3ccc(F)c(Cl)c3)c2cc1OCCCN1CCC2(CCNC2=O)CC1. The summed E-state index contributed by atoms with van der Waals surface area (Å²) in [5.74, 6) is 1.48. The van der Waals surface area contributed by atoms with Crippen molar-refractivity contribution in [3.05, 3.63) is 47.5 Å². The minimum Gasteiger partial charge on any atom is -0.493 e. The Morgan fingerprint density at radius 2 is 2.00 bits per heavy atom. The van der Waals surface area contributed by atoms with Gasteiger partial charge in [-0.05, 0) is 63.0 Å². The molecule has 2 aliphatic heterocycles. The molecule has 0 unspecified atom stereocenters. The van der Waals surface area contributed by atoms with Gasteiger partial charge in [0.1, 0.15) is 18.0 Å². The van der Waals surface area contributed by atoms with Crippen molar-refractivity contribution in [1.82, 2.24) is 20.2 Å². The fourth-order valence-electron chi connectivity index (χ4n) is 5.01. The van der Waals surface area contributed by atoms with Crippen molar-refractivity contribution in [2.75, 3.05) is 45.2 Å². The molecular weight excluding hydrogens is 485 g/mol. The number of likely N-dealkylation sites (tertiary alicyclic amines) is 1. The van der Waals surface area contributed by atoms with Gasteiger partial charge in [0, 0.05) is 30.2 Å². The van der Waals surface area contributed by atoms with E-state index in [9.17, 15) is 9.18 Å². The number of hydrogen-bond acceptors (Lipinski definition) is 7. The number of methoxy groups -OCH3 is 1. The maximum atomic E-state index is 13.5. The molecule has 36 heavy (non-hydrogen) atoms. The van der Waals surface area contributed by atoms with Crippen LogP contribution in [-0.2, 0) is 4.79 Å². The van der Waals surface area contributed by atoms with Gasteiger partial charge in [-0.1, -0.05) is 11.6 Å². The van der Waals surface area contributed by atoms with Crippen molar-refractivity contribution in [2.24, 2.45) is 5.41 Å². The van der Waals surface area contributed by atoms with E-state index in [1.165, 1.54) is 18.5 Å². The number of benzene rings is 2. The fourth-order valence-corrected chi connectivity index (χ4v) is 5.20. The van der Waals surface area contributed by atoms with Crippen LogP contribution in [0.25, 0.3) is 10.9 Å². The van der Waals surface area contributed by atoms with Crippen LogP contribution in [0.1, 0.15) is 25.7 Å². The molecule has 1 aromatic heterocycles. The molecule has 2 fully saturated rings. The van der Waals surface area contributed by atoms with Gasteiger partial charge in [0.2, 0.25) is 5.91 Å². The largest absolute Gasteiger partial charge is 0.493 e. The molecule has 190 valence electrons. The third-order valence-electron chi connectivity index (χ3n) is 7.16. The third kappa shape index (κ3) is 5.03. The van der Waals surface area contributed by atoms with Gasteiger partial charge in [0.15, 0.2) is 11.5 Å². The Bertz CT molecular complexity index is 1270. The number of halogens is 2. The average Bonchev–Trinajstić information content (AvgIpc) is 3.24. The molecule has 2 N–H and O–H groups in total. The van der Waals surface area contributed by atoms with E-state index in [2.05, 4.69) is 25.5 Å². The quantitative estimate of drug-likeness (QED) is 0.427. The number of carbonyl (C=O) groups excluding carboxylic acids is 1. The van der Waals surface area contributed by atoms with Crippen molar-refractivity contribution in [2.45, 2.75) is 25.7 Å². The van der Waals surface area contributed by atoms with Crippen molar-refractivity contribution < 1.29 is 18.7 Å². The molecule has 2 aliphatic rings. The van der Waals surface area contributed by atoms with Crippen LogP contribution >= 0.6 is 11.6 Å². The fraction of sp³-hybridized carbons (Fsp3) is 0.423. The number of rotatable bonds is 8. The number of ether oxygens (including phenoxy) is 2. The monoisotopic (exact) mass is 513 g/mol. The normalized spacial score (nSPS) is 17.4. The molecule has 0 aliphatic carbocycles. The molecule has 1 amide bonds. The minimum atomic E-state index is -0.483. The zero-order valence-electron chi connectivity index (χ0n) is 20.2. The minimum absolute atomic E-state index is 0.0273. The second kappa shape index (κ2) is 10.4. The first-order valence-electron chi connectivity index (χ1n) is 12.2. The van der Waals surface area contributed by atoms with Crippen LogP contribution in [0.5, 0.6) is 11.5 Å². The zero-order valence-corrected chi connectivity index (χ0v) is 20.9. The molecule has 10 heteroatoms. The number of nitrogens with one attached hydrogen (secondary N) is 2. The van der Waals surface area contributed by atoms with Gasteiger partial charge in [-0.15, -0.1) is 0 Å². The molecule has 5 rings (SSSR count). The Kier molecular flexibility index (Phi) is 7.11. The van der Waals surface area contributed by atoms with Crippen LogP contribution < -0.4 is 20.1 Å². The molecule has 0 atom stereocenters. The molecule has 0 bridgehead atoms. The number of hydrogen-bond donors (Lipinski definition) is 2. The van der Waals surface area contributed by atoms with E-state index in [-0.39, 0.29) is 16.3 Å². The Morgan fingerprint density at radius 1 is 1.17 bits per heavy atom. The first kappa shape index (κ1) is 24.5. The number of fused-ring (bicyclic) bond motifs is 1. The van der Waals surface area contributed by atoms with Crippen molar-refractivity contribution in [3.63, 3.8) is 0 Å². The average molecular weight is 514 g/mol. The van der Waals surface area contributed by atoms with E-state index in [0.717, 1.165) is 57.2 Å². The summed E-state index contributed by atoms with van der Waals surface area (Å²) in [6.45, 7) is 4.11. The van der Waals surface area contributed by atoms with Gasteiger partial charge in [-0.25, -0.2) is 14.4 Å². The lowest BCUT2D eigenvalue weighted by atomic mass is 9.77. The molecule has 3 heterocycles. The molecule has 1 spiro atoms. The first-order chi connectivity index (χ1) is 17.5. The van der Waals surface area contributed by atoms with Gasteiger partial charge in [-0.2, -0.15) is 0 Å². The highest BCUT2D eigenvalue weighted by molar-refractivity contribution is 6.31. The van der Waals surface area contributed by atoms with E-state index in [1.807, 2.05) is 12.1 Å². The molecule has 2 saturated heterocycles. The van der Waals surface area contributed by atoms with Crippen LogP contribution in [0.3, 0.4) is 0 Å². The van der Waals surface area contributed by atoms with Gasteiger partial charge >= 0.3 is 0 Å². The number of anilines is 2. The molecule has 8 nitrogen and oxygen atoms in total. The lowest BCUT2D eigenvalue weighted by Gasteiger charge is -2.37. The summed E-state index contributed by atoms with van der Waals surface area (Å²) in [6, 6.07) is 8.07. The predicted molar refractivity (Wildman–Crippen MR) is 137 cm³/mol. The number of piperidine rings is 1. The summed E-state index contributed by atoms with van der Waals surface area (Å²) in [5.41, 5.74) is 1.15. The van der Waals surface area contributed by atoms with E-state index in [0.29, 0.717) is 35.1 Å². The van der Waals surface area contributed by atoms with Crippen molar-refractivity contribution >= 4 is 39.9 Å². The molecular formula is C26H29ClFN5O3. The summed E-state index contributed by atoms with van der Waals surface area (Å²) in [7, 11) is 1.59. The molecule has 0 saturated carbocycles. The Hall–Kier alpha value is -3.17. The van der Waals surface area contributed by atoms with Gasteiger partial charge in [-0.3, -0.25) is 4.79 Å². The summed E-state index contributed by atoms with van der Waals surface area (Å²) >= 11 is 5.92. The molecule has 3 aromatic rings. The number of nitrogens with zero attached hydrogens (tertiary/aromatic N) is 3. The summed E-state index contributed by atoms with van der Waals surface area (Å²) < 4.78 is 25.2. The first-order valence-corrected chi connectivity index (χ1v) is 12.5. The van der Waals surface area contributed by atoms with E-state index in [4.69, 9.17) is 21.1 Å². The van der Waals surface area contributed by atoms with Gasteiger partial charge in [0.25, 0.3) is 0 Å². The number of carbonyl (C=O) groups is 1. The van der Waals surface area contributed by atoms with Crippen LogP contribution in [0.15, 0.2) is 36.7 Å². The lowest BCUT2D eigenvalue weighted by Crippen LogP contribution is -2.44. The van der Waals surface area contributed by atoms with Crippen molar-refractivity contribution in [3.8, 4) is 11.5 Å². The highest BCUT2D eigenvalue weighted by atomic mass is 35.5. The second-order valence-electron chi connectivity index (χ2n) is 9.33. The number of aromatic nitrogens is 2. The van der Waals surface area contributed by atoms with Crippen LogP contribution in [0, 0.1) is 11.2 Å². The van der Waals surface area contributed by atoms with E-state index >= 15 is 0 Å². The zero-order chi connectivity index (χ0) is 25.1. The standard InChI is InChI=1S/C26H29ClFN5O3/c1-35-22-15-21-18(24(31-16-30-21)32-17-3-4-20(28)19(27)13-17)14-23(22)36-12-2-9-33-10-6-26(7-11-33)5-8-29-25(26)34/h3-4,13-16H,2,5-12H2,1H3,(H,29,34)(H,30,31,32). The van der Waals surface area contributed by atoms with Crippen LogP contribution in [0.4, 0.5) is 15.9 Å². The van der Waals surface area contributed by atoms with E-state index < -0.39 is 5.82 Å². The lowest BCUT2D eigenvalue weighted by molar-refractivity contribution is -0.130. The highest BCUT2D eigenvalue weighted by Crippen LogP contribution is 2.38. The topological polar surface area (TPSA) is 88.6 Å². The van der Waals surface area contributed by atoms with E-state index in [1.54, 1.807) is 13.2 Å². The number of amides is 1. The van der Waals surface area contributed by atoms with Crippen molar-refractivity contribution in [1.29, 1.82) is 0 Å².